The summed E-state index contributed by atoms with van der Waals surface area (Å²) in [6.07, 6.45) is 6.81. The number of carbonyl (C=O) groups excluding carboxylic acids is 9. The number of aliphatic imine (C=N–C) groups is 1. The van der Waals surface area contributed by atoms with Crippen LogP contribution in [0.5, 0.6) is 0 Å². The van der Waals surface area contributed by atoms with Crippen LogP contribution in [0.3, 0.4) is 0 Å². The lowest BCUT2D eigenvalue weighted by molar-refractivity contribution is -0.136. The zero-order chi connectivity index (χ0) is 54.3. The van der Waals surface area contributed by atoms with Crippen molar-refractivity contribution in [3.05, 3.63) is 90.6 Å². The lowest BCUT2D eigenvalue weighted by Gasteiger charge is -2.28. The molecule has 1 saturated heterocycles. The molecule has 0 bridgehead atoms. The zero-order valence-electron chi connectivity index (χ0n) is 42.0. The molecule has 1 aliphatic heterocycles. The summed E-state index contributed by atoms with van der Waals surface area (Å²) in [7, 11) is 0. The Morgan fingerprint density at radius 1 is 0.787 bits per heavy atom. The third-order valence-electron chi connectivity index (χ3n) is 12.4. The Balaban J connectivity index is 1.55. The van der Waals surface area contributed by atoms with Crippen LogP contribution in [-0.2, 0) is 62.5 Å². The van der Waals surface area contributed by atoms with Gasteiger partial charge in [0, 0.05) is 68.8 Å². The summed E-state index contributed by atoms with van der Waals surface area (Å²) in [5.41, 5.74) is 24.6. The van der Waals surface area contributed by atoms with E-state index in [-0.39, 0.29) is 83.4 Å². The largest absolute Gasteiger partial charge is 0.370 e. The second-order valence-corrected chi connectivity index (χ2v) is 18.3. The maximum absolute atomic E-state index is 14.7. The molecule has 2 aromatic heterocycles. The number of aromatic nitrogens is 3. The summed E-state index contributed by atoms with van der Waals surface area (Å²) >= 11 is 0. The minimum atomic E-state index is -1.41. The fourth-order valence-corrected chi connectivity index (χ4v) is 8.45. The standard InChI is InChI=1S/C50H70N16O9/c1-30(67)59-36(15-7-8-20-51)44(70)61-38-16-9-21-56-42(68)19-18-35(43(52)69)60-48(74)40(26-32-27-58-34-14-6-5-13-33(32)34)64-45(71)37(17-10-22-57-50(53)54)62-47(73)39(25-31-11-3-2-4-12-31)63-49(75)41(65-46(38)72)28-66-24-23-55-29-66/h2-6,11-14,23-24,27,29,35-41,58H,7-10,15-22,25-26,28,51H2,1H3,(H2,52,69)(H,56,68)(H,59,67)(H,60,74)(H,61,70)(H,62,73)(H,63,75)(H,64,71)(H,65,72)(H4,53,54,57)/t35-,36-,37-,38-,39+,40-,41-/m0/s1. The Labute approximate surface area is 433 Å². The quantitative estimate of drug-likeness (QED) is 0.0282. The predicted molar refractivity (Wildman–Crippen MR) is 277 cm³/mol. The van der Waals surface area contributed by atoms with Crippen molar-refractivity contribution in [1.82, 2.24) is 57.1 Å². The van der Waals surface area contributed by atoms with Crippen LogP contribution in [-0.4, -0.2) is 136 Å². The molecule has 2 aromatic carbocycles. The van der Waals surface area contributed by atoms with Crippen molar-refractivity contribution in [1.29, 1.82) is 0 Å². The molecule has 17 N–H and O–H groups in total. The van der Waals surface area contributed by atoms with Gasteiger partial charge in [0.2, 0.25) is 53.2 Å². The lowest BCUT2D eigenvalue weighted by atomic mass is 10.0. The van der Waals surface area contributed by atoms with Crippen LogP contribution in [0.2, 0.25) is 0 Å². The number of aromatic amines is 1. The fraction of sp³-hybridized carbons (Fsp3) is 0.460. The second kappa shape index (κ2) is 29.4. The van der Waals surface area contributed by atoms with Gasteiger partial charge in [0.15, 0.2) is 5.96 Å². The van der Waals surface area contributed by atoms with E-state index in [1.165, 1.54) is 24.0 Å². The molecule has 1 aliphatic rings. The lowest BCUT2D eigenvalue weighted by Crippen LogP contribution is -2.61. The average Bonchev–Trinajstić information content (AvgIpc) is 4.05. The average molecular weight is 1040 g/mol. The molecular weight excluding hydrogens is 969 g/mol. The first-order valence-corrected chi connectivity index (χ1v) is 25.0. The molecule has 0 aliphatic carbocycles. The molecule has 0 spiro atoms. The molecule has 9 amide bonds. The van der Waals surface area contributed by atoms with Crippen LogP contribution in [0.4, 0.5) is 0 Å². The summed E-state index contributed by atoms with van der Waals surface area (Å²) < 4.78 is 1.53. The number of nitrogens with two attached hydrogens (primary N) is 4. The number of fused-ring (bicyclic) bond motifs is 1. The number of carbonyl (C=O) groups is 9. The number of hydrogen-bond donors (Lipinski definition) is 13. The maximum atomic E-state index is 14.7. The molecule has 75 heavy (non-hydrogen) atoms. The van der Waals surface area contributed by atoms with E-state index in [1.54, 1.807) is 48.8 Å². The number of hydrogen-bond acceptors (Lipinski definition) is 12. The van der Waals surface area contributed by atoms with E-state index in [0.29, 0.717) is 30.5 Å². The maximum Gasteiger partial charge on any atom is 0.245 e. The molecule has 5 rings (SSSR count). The second-order valence-electron chi connectivity index (χ2n) is 18.3. The zero-order valence-corrected chi connectivity index (χ0v) is 42.0. The van der Waals surface area contributed by atoms with Crippen LogP contribution < -0.4 is 65.5 Å². The molecular formula is C50H70N16O9. The van der Waals surface area contributed by atoms with Crippen LogP contribution in [0.25, 0.3) is 10.9 Å². The third kappa shape index (κ3) is 18.9. The number of unbranched alkanes of at least 4 members (excludes halogenated alkanes) is 1. The summed E-state index contributed by atoms with van der Waals surface area (Å²) in [6.45, 7) is 1.45. The van der Waals surface area contributed by atoms with Crippen LogP contribution in [0.1, 0.15) is 75.8 Å². The van der Waals surface area contributed by atoms with E-state index >= 15 is 0 Å². The van der Waals surface area contributed by atoms with Crippen molar-refractivity contribution in [3.63, 3.8) is 0 Å². The van der Waals surface area contributed by atoms with Gasteiger partial charge in [0.05, 0.1) is 12.9 Å². The number of rotatable bonds is 18. The van der Waals surface area contributed by atoms with Crippen molar-refractivity contribution in [2.75, 3.05) is 19.6 Å². The van der Waals surface area contributed by atoms with Gasteiger partial charge in [-0.3, -0.25) is 48.1 Å². The molecule has 7 atom stereocenters. The molecule has 0 saturated carbocycles. The van der Waals surface area contributed by atoms with Gasteiger partial charge in [-0.05, 0) is 75.1 Å². The minimum Gasteiger partial charge on any atom is -0.370 e. The minimum absolute atomic E-state index is 0.0151. The summed E-state index contributed by atoms with van der Waals surface area (Å²) in [4.78, 5) is 136. The van der Waals surface area contributed by atoms with Gasteiger partial charge in [-0.1, -0.05) is 48.5 Å². The number of nitrogens with zero attached hydrogens (tertiary/aromatic N) is 3. The van der Waals surface area contributed by atoms with E-state index in [0.717, 1.165) is 10.9 Å². The topological polar surface area (TPSA) is 400 Å². The molecule has 0 unspecified atom stereocenters. The number of primary amides is 1. The van der Waals surface area contributed by atoms with Gasteiger partial charge in [0.1, 0.15) is 42.3 Å². The molecule has 4 aromatic rings. The number of nitrogens with one attached hydrogen (secondary N) is 9. The first-order valence-electron chi connectivity index (χ1n) is 25.0. The smallest absolute Gasteiger partial charge is 0.245 e. The Morgan fingerprint density at radius 3 is 2.15 bits per heavy atom. The molecule has 404 valence electrons. The number of guanidine groups is 1. The van der Waals surface area contributed by atoms with E-state index in [9.17, 15) is 43.2 Å². The molecule has 1 fully saturated rings. The van der Waals surface area contributed by atoms with Gasteiger partial charge in [0.25, 0.3) is 0 Å². The van der Waals surface area contributed by atoms with Crippen LogP contribution in [0, 0.1) is 0 Å². The highest BCUT2D eigenvalue weighted by Crippen LogP contribution is 2.20. The van der Waals surface area contributed by atoms with Gasteiger partial charge in [-0.15, -0.1) is 0 Å². The first-order chi connectivity index (χ1) is 36.0. The Kier molecular flexibility index (Phi) is 22.5. The number of para-hydroxylation sites is 1. The van der Waals surface area contributed by atoms with Crippen molar-refractivity contribution in [2.45, 2.75) is 126 Å². The summed E-state index contributed by atoms with van der Waals surface area (Å²) in [6, 6.07) is 6.74. The monoisotopic (exact) mass is 1040 g/mol. The fourth-order valence-electron chi connectivity index (χ4n) is 8.45. The Bertz CT molecular complexity index is 2600. The third-order valence-corrected chi connectivity index (χ3v) is 12.4. The number of H-pyrrole nitrogens is 1. The van der Waals surface area contributed by atoms with Crippen LogP contribution >= 0.6 is 0 Å². The highest BCUT2D eigenvalue weighted by atomic mass is 16.2. The van der Waals surface area contributed by atoms with Gasteiger partial charge in [-0.25, -0.2) is 4.98 Å². The van der Waals surface area contributed by atoms with E-state index in [1.807, 2.05) is 18.2 Å². The van der Waals surface area contributed by atoms with Gasteiger partial charge < -0.3 is 75.0 Å². The Morgan fingerprint density at radius 2 is 1.45 bits per heavy atom. The number of amides is 9. The van der Waals surface area contributed by atoms with Crippen molar-refractivity contribution < 1.29 is 43.2 Å². The normalized spacial score (nSPS) is 21.2. The van der Waals surface area contributed by atoms with E-state index < -0.39 is 95.5 Å². The predicted octanol–water partition coefficient (Wildman–Crippen LogP) is -2.38. The molecule has 25 heteroatoms. The van der Waals surface area contributed by atoms with E-state index in [2.05, 4.69) is 57.5 Å². The number of imidazole rings is 1. The summed E-state index contributed by atoms with van der Waals surface area (Å²) in [5.74, 6) is -6.93. The Hall–Kier alpha value is -8.35. The highest BCUT2D eigenvalue weighted by Gasteiger charge is 2.35. The van der Waals surface area contributed by atoms with Crippen molar-refractivity contribution in [2.24, 2.45) is 27.9 Å². The van der Waals surface area contributed by atoms with Gasteiger partial charge in [-0.2, -0.15) is 0 Å². The SMILES string of the molecule is CC(=O)N[C@@H](CCCCN)C(=O)N[C@H]1CCCNC(=O)CC[C@@H](C(N)=O)NC(=O)[C@H](Cc2c[nH]c3ccccc23)NC(=O)[C@H](CCCN=C(N)N)NC(=O)[C@@H](Cc2ccccc2)NC(=O)[C@H](Cn2ccnc2)NC1=O. The van der Waals surface area contributed by atoms with Crippen molar-refractivity contribution >= 4 is 70.0 Å². The molecule has 25 nitrogen and oxygen atoms in total. The van der Waals surface area contributed by atoms with Gasteiger partial charge >= 0.3 is 0 Å². The van der Waals surface area contributed by atoms with Crippen LogP contribution in [0.15, 0.2) is 84.5 Å². The first kappa shape index (κ1) is 57.5. The van der Waals surface area contributed by atoms with E-state index in [4.69, 9.17) is 22.9 Å². The summed E-state index contributed by atoms with van der Waals surface area (Å²) in [5, 5.41) is 22.5. The molecule has 0 radical (unpaired) electrons. The van der Waals surface area contributed by atoms with Crippen molar-refractivity contribution in [3.8, 4) is 0 Å². The molecule has 3 heterocycles. The highest BCUT2D eigenvalue weighted by molar-refractivity contribution is 5.98. The number of benzene rings is 2.